The summed E-state index contributed by atoms with van der Waals surface area (Å²) < 4.78 is 18.6. The number of imide groups is 1. The average Bonchev–Trinajstić information content (AvgIpc) is 2.95. The van der Waals surface area contributed by atoms with E-state index in [0.717, 1.165) is 12.2 Å². The Hall–Kier alpha value is -3.17. The fourth-order valence-electron chi connectivity index (χ4n) is 1.63. The van der Waals surface area contributed by atoms with Gasteiger partial charge in [-0.25, -0.2) is 14.4 Å². The van der Waals surface area contributed by atoms with E-state index in [-0.39, 0.29) is 24.5 Å². The van der Waals surface area contributed by atoms with Crippen LogP contribution in [0, 0.1) is 6.92 Å². The largest absolute Gasteiger partial charge is 0.519 e. The van der Waals surface area contributed by atoms with Gasteiger partial charge in [0.05, 0.1) is 6.42 Å². The summed E-state index contributed by atoms with van der Waals surface area (Å²) >= 11 is 0. The third kappa shape index (κ3) is 4.40. The molecule has 1 atom stereocenters. The molecule has 1 fully saturated rings. The lowest BCUT2D eigenvalue weighted by Crippen LogP contribution is -2.27. The summed E-state index contributed by atoms with van der Waals surface area (Å²) in [5.41, 5.74) is 0. The first-order valence-electron chi connectivity index (χ1n) is 6.33. The molecule has 1 aromatic heterocycles. The molecule has 1 unspecified atom stereocenters. The number of ether oxygens (including phenoxy) is 2. The molecule has 0 spiro atoms. The molecule has 2 heterocycles. The van der Waals surface area contributed by atoms with Gasteiger partial charge in [0.15, 0.2) is 24.2 Å². The van der Waals surface area contributed by atoms with E-state index in [1.165, 1.54) is 6.92 Å². The first kappa shape index (κ1) is 16.2. The zero-order valence-corrected chi connectivity index (χ0v) is 11.8. The molecule has 1 aliphatic heterocycles. The molecular weight excluding hydrogens is 314 g/mol. The van der Waals surface area contributed by atoms with E-state index in [4.69, 9.17) is 4.74 Å². The molecule has 0 aromatic carbocycles. The van der Waals surface area contributed by atoms with Gasteiger partial charge in [0.1, 0.15) is 0 Å². The molecule has 1 aromatic rings. The van der Waals surface area contributed by atoms with Crippen LogP contribution in [0.1, 0.15) is 17.9 Å². The molecule has 0 bridgehead atoms. The van der Waals surface area contributed by atoms with Gasteiger partial charge < -0.3 is 18.3 Å². The van der Waals surface area contributed by atoms with Crippen LogP contribution in [0.15, 0.2) is 25.8 Å². The van der Waals surface area contributed by atoms with Gasteiger partial charge in [-0.1, -0.05) is 0 Å². The summed E-state index contributed by atoms with van der Waals surface area (Å²) in [6, 6.07) is 0. The molecule has 0 saturated carbocycles. The maximum Gasteiger partial charge on any atom is 0.519 e. The number of hydrogen-bond donors (Lipinski definition) is 1. The zero-order chi connectivity index (χ0) is 17.0. The van der Waals surface area contributed by atoms with Gasteiger partial charge in [-0.2, -0.15) is 0 Å². The molecule has 0 aliphatic carbocycles. The summed E-state index contributed by atoms with van der Waals surface area (Å²) in [5, 5.41) is 1.97. The number of esters is 2. The number of hydrogen-bond acceptors (Lipinski definition) is 9. The van der Waals surface area contributed by atoms with Crippen molar-refractivity contribution < 1.29 is 37.5 Å². The molecule has 1 aliphatic rings. The molecule has 1 N–H and O–H groups in total. The normalized spacial score (nSPS) is 17.3. The van der Waals surface area contributed by atoms with Gasteiger partial charge in [0.2, 0.25) is 5.91 Å². The lowest BCUT2D eigenvalue weighted by atomic mass is 10.3. The SMILES string of the molecule is Cc1oc(=O)oc1COC(=O)/C=C/C(=O)OC1CC(=O)NC1=O. The smallest absolute Gasteiger partial charge is 0.454 e. The van der Waals surface area contributed by atoms with Crippen LogP contribution in [0.4, 0.5) is 0 Å². The number of carbonyl (C=O) groups excluding carboxylic acids is 4. The molecule has 2 amide bonds. The first-order chi connectivity index (χ1) is 10.8. The maximum absolute atomic E-state index is 11.4. The molecule has 0 radical (unpaired) electrons. The lowest BCUT2D eigenvalue weighted by Gasteiger charge is -2.05. The second-order valence-electron chi connectivity index (χ2n) is 4.42. The molecular formula is C13H11NO9. The minimum absolute atomic E-state index is 0.0421. The van der Waals surface area contributed by atoms with Crippen LogP contribution in [0.3, 0.4) is 0 Å². The highest BCUT2D eigenvalue weighted by Gasteiger charge is 2.33. The van der Waals surface area contributed by atoms with E-state index < -0.39 is 35.7 Å². The predicted molar refractivity (Wildman–Crippen MR) is 68.6 cm³/mol. The van der Waals surface area contributed by atoms with E-state index in [2.05, 4.69) is 13.6 Å². The van der Waals surface area contributed by atoms with Crippen LogP contribution in [-0.4, -0.2) is 29.9 Å². The Morgan fingerprint density at radius 3 is 2.48 bits per heavy atom. The predicted octanol–water partition coefficient (Wildman–Crippen LogP) is -0.901. The van der Waals surface area contributed by atoms with Gasteiger partial charge in [0.25, 0.3) is 5.91 Å². The van der Waals surface area contributed by atoms with Gasteiger partial charge in [-0.3, -0.25) is 14.9 Å². The van der Waals surface area contributed by atoms with Crippen molar-refractivity contribution in [2.45, 2.75) is 26.1 Å². The van der Waals surface area contributed by atoms with Gasteiger partial charge in [-0.05, 0) is 6.92 Å². The van der Waals surface area contributed by atoms with Crippen molar-refractivity contribution >= 4 is 23.8 Å². The van der Waals surface area contributed by atoms with Crippen molar-refractivity contribution in [2.75, 3.05) is 0 Å². The lowest BCUT2D eigenvalue weighted by molar-refractivity contribution is -0.149. The maximum atomic E-state index is 11.4. The Balaban J connectivity index is 1.80. The number of amides is 2. The molecule has 23 heavy (non-hydrogen) atoms. The minimum Gasteiger partial charge on any atom is -0.454 e. The van der Waals surface area contributed by atoms with Crippen LogP contribution >= 0.6 is 0 Å². The number of carbonyl (C=O) groups is 4. The minimum atomic E-state index is -1.21. The van der Waals surface area contributed by atoms with Crippen molar-refractivity contribution in [3.63, 3.8) is 0 Å². The van der Waals surface area contributed by atoms with E-state index in [1.54, 1.807) is 0 Å². The second kappa shape index (κ2) is 6.73. The highest BCUT2D eigenvalue weighted by atomic mass is 16.6. The van der Waals surface area contributed by atoms with E-state index >= 15 is 0 Å². The Labute approximate surface area is 128 Å². The third-order valence-electron chi connectivity index (χ3n) is 2.72. The first-order valence-corrected chi connectivity index (χ1v) is 6.33. The van der Waals surface area contributed by atoms with Crippen LogP contribution in [0.5, 0.6) is 0 Å². The Morgan fingerprint density at radius 1 is 1.22 bits per heavy atom. The topological polar surface area (TPSA) is 142 Å². The summed E-state index contributed by atoms with van der Waals surface area (Å²) in [7, 11) is 0. The number of nitrogens with one attached hydrogen (secondary N) is 1. The van der Waals surface area contributed by atoms with Gasteiger partial charge in [-0.15, -0.1) is 0 Å². The van der Waals surface area contributed by atoms with Crippen LogP contribution in [-0.2, 0) is 35.3 Å². The number of rotatable bonds is 5. The zero-order valence-electron chi connectivity index (χ0n) is 11.8. The Morgan fingerprint density at radius 2 is 1.91 bits per heavy atom. The van der Waals surface area contributed by atoms with E-state index in [9.17, 15) is 24.0 Å². The van der Waals surface area contributed by atoms with Crippen molar-refractivity contribution in [3.8, 4) is 0 Å². The summed E-state index contributed by atoms with van der Waals surface area (Å²) in [6.07, 6.45) is 0.0433. The highest BCUT2D eigenvalue weighted by molar-refractivity contribution is 6.06. The standard InChI is InChI=1S/C13H11NO9/c1-6-8(23-13(19)21-6)5-20-10(16)2-3-11(17)22-7-4-9(15)14-12(7)18/h2-3,7H,4-5H2,1H3,(H,14,15,18)/b3-2+. The van der Waals surface area contributed by atoms with Crippen LogP contribution in [0.2, 0.25) is 0 Å². The molecule has 122 valence electrons. The number of aryl methyl sites for hydroxylation is 1. The van der Waals surface area contributed by atoms with Gasteiger partial charge in [0, 0.05) is 12.2 Å². The molecule has 1 saturated heterocycles. The quantitative estimate of drug-likeness (QED) is 0.414. The van der Waals surface area contributed by atoms with E-state index in [1.807, 2.05) is 5.32 Å². The molecule has 10 nitrogen and oxygen atoms in total. The Kier molecular flexibility index (Phi) is 4.74. The van der Waals surface area contributed by atoms with Crippen molar-refractivity contribution in [2.24, 2.45) is 0 Å². The Bertz CT molecular complexity index is 739. The fraction of sp³-hybridized carbons (Fsp3) is 0.308. The van der Waals surface area contributed by atoms with Gasteiger partial charge >= 0.3 is 17.8 Å². The second-order valence-corrected chi connectivity index (χ2v) is 4.42. The average molecular weight is 325 g/mol. The highest BCUT2D eigenvalue weighted by Crippen LogP contribution is 2.08. The van der Waals surface area contributed by atoms with Crippen molar-refractivity contribution in [3.05, 3.63) is 34.3 Å². The molecule has 2 rings (SSSR count). The monoisotopic (exact) mass is 325 g/mol. The van der Waals surface area contributed by atoms with Crippen LogP contribution in [0.25, 0.3) is 0 Å². The van der Waals surface area contributed by atoms with E-state index in [0.29, 0.717) is 0 Å². The summed E-state index contributed by atoms with van der Waals surface area (Å²) in [5.74, 6) is -3.86. The summed E-state index contributed by atoms with van der Waals surface area (Å²) in [4.78, 5) is 55.7. The summed E-state index contributed by atoms with van der Waals surface area (Å²) in [6.45, 7) is 1.10. The fourth-order valence-corrected chi connectivity index (χ4v) is 1.63. The van der Waals surface area contributed by atoms with Crippen molar-refractivity contribution in [1.82, 2.24) is 5.32 Å². The molecule has 10 heteroatoms. The van der Waals surface area contributed by atoms with Crippen molar-refractivity contribution in [1.29, 1.82) is 0 Å². The third-order valence-corrected chi connectivity index (χ3v) is 2.72. The van der Waals surface area contributed by atoms with Crippen LogP contribution < -0.4 is 11.1 Å².